The van der Waals surface area contributed by atoms with Crippen molar-refractivity contribution < 1.29 is 24.2 Å². The van der Waals surface area contributed by atoms with Gasteiger partial charge in [0.15, 0.2) is 0 Å². The number of ether oxygens (including phenoxy) is 2. The van der Waals surface area contributed by atoms with E-state index in [1.165, 1.54) is 0 Å². The molecule has 0 radical (unpaired) electrons. The molecule has 0 aliphatic rings. The van der Waals surface area contributed by atoms with Crippen molar-refractivity contribution in [3.8, 4) is 0 Å². The van der Waals surface area contributed by atoms with Crippen LogP contribution in [-0.4, -0.2) is 36.9 Å². The minimum atomic E-state index is -0.391. The Morgan fingerprint density at radius 3 is 2.00 bits per heavy atom. The number of hydrogen-bond donors (Lipinski definition) is 1. The van der Waals surface area contributed by atoms with Crippen molar-refractivity contribution in [2.45, 2.75) is 40.0 Å². The van der Waals surface area contributed by atoms with Gasteiger partial charge in [0.2, 0.25) is 0 Å². The molecule has 0 aromatic heterocycles. The third kappa shape index (κ3) is 7.27. The van der Waals surface area contributed by atoms with E-state index in [9.17, 15) is 9.59 Å². The zero-order chi connectivity index (χ0) is 14.0. The summed E-state index contributed by atoms with van der Waals surface area (Å²) in [6.45, 7) is 5.71. The summed E-state index contributed by atoms with van der Waals surface area (Å²) in [7, 11) is 0. The Hall–Kier alpha value is -1.10. The molecule has 0 bridgehead atoms. The molecule has 0 saturated carbocycles. The van der Waals surface area contributed by atoms with E-state index in [0.29, 0.717) is 13.0 Å². The summed E-state index contributed by atoms with van der Waals surface area (Å²) < 4.78 is 9.87. The first-order valence-corrected chi connectivity index (χ1v) is 6.47. The fraction of sp³-hybridized carbons (Fsp3) is 0.846. The molecule has 5 nitrogen and oxygen atoms in total. The first kappa shape index (κ1) is 16.9. The highest BCUT2D eigenvalue weighted by Gasteiger charge is 2.22. The monoisotopic (exact) mass is 260 g/mol. The smallest absolute Gasteiger partial charge is 0.308 e. The summed E-state index contributed by atoms with van der Waals surface area (Å²) in [6.07, 6.45) is 2.23. The molecule has 1 N–H and O–H groups in total. The maximum atomic E-state index is 11.6. The van der Waals surface area contributed by atoms with Crippen LogP contribution in [-0.2, 0) is 19.1 Å². The van der Waals surface area contributed by atoms with Gasteiger partial charge in [-0.05, 0) is 12.8 Å². The van der Waals surface area contributed by atoms with E-state index in [0.717, 1.165) is 12.8 Å². The van der Waals surface area contributed by atoms with Crippen LogP contribution in [0, 0.1) is 11.8 Å². The van der Waals surface area contributed by atoms with E-state index in [1.807, 2.05) is 6.92 Å². The van der Waals surface area contributed by atoms with Crippen molar-refractivity contribution in [3.05, 3.63) is 0 Å². The number of rotatable bonds is 9. The number of esters is 2. The molecule has 0 saturated heterocycles. The quantitative estimate of drug-likeness (QED) is 0.502. The van der Waals surface area contributed by atoms with Crippen molar-refractivity contribution in [1.29, 1.82) is 0 Å². The number of unbranched alkanes of at least 4 members (excludes halogenated alkanes) is 1. The molecule has 0 spiro atoms. The second-order valence-corrected chi connectivity index (χ2v) is 4.45. The van der Waals surface area contributed by atoms with Gasteiger partial charge < -0.3 is 14.6 Å². The molecular weight excluding hydrogens is 236 g/mol. The lowest BCUT2D eigenvalue weighted by atomic mass is 9.97. The largest absolute Gasteiger partial charge is 0.465 e. The summed E-state index contributed by atoms with van der Waals surface area (Å²) in [5.41, 5.74) is 0. The Morgan fingerprint density at radius 1 is 1.06 bits per heavy atom. The van der Waals surface area contributed by atoms with Crippen LogP contribution in [0.3, 0.4) is 0 Å². The molecule has 5 heteroatoms. The molecule has 0 aromatic rings. The molecule has 0 heterocycles. The lowest BCUT2D eigenvalue weighted by molar-refractivity contribution is -0.152. The number of hydrogen-bond acceptors (Lipinski definition) is 5. The van der Waals surface area contributed by atoms with Crippen LogP contribution >= 0.6 is 0 Å². The first-order valence-electron chi connectivity index (χ1n) is 6.47. The van der Waals surface area contributed by atoms with E-state index in [1.54, 1.807) is 13.8 Å². The fourth-order valence-electron chi connectivity index (χ4n) is 1.47. The van der Waals surface area contributed by atoms with Gasteiger partial charge in [0.05, 0.1) is 25.0 Å². The summed E-state index contributed by atoms with van der Waals surface area (Å²) in [6, 6.07) is 0. The molecule has 0 fully saturated rings. The number of aliphatic hydroxyl groups is 1. The van der Waals surface area contributed by atoms with Crippen LogP contribution in [0.5, 0.6) is 0 Å². The zero-order valence-corrected chi connectivity index (χ0v) is 11.5. The van der Waals surface area contributed by atoms with E-state index >= 15 is 0 Å². The highest BCUT2D eigenvalue weighted by molar-refractivity contribution is 5.75. The average molecular weight is 260 g/mol. The maximum absolute atomic E-state index is 11.6. The third-order valence-electron chi connectivity index (χ3n) is 2.59. The van der Waals surface area contributed by atoms with Crippen molar-refractivity contribution in [1.82, 2.24) is 0 Å². The second-order valence-electron chi connectivity index (χ2n) is 4.45. The summed E-state index contributed by atoms with van der Waals surface area (Å²) in [4.78, 5) is 23.0. The topological polar surface area (TPSA) is 72.8 Å². The fourth-order valence-corrected chi connectivity index (χ4v) is 1.47. The minimum Gasteiger partial charge on any atom is -0.465 e. The van der Waals surface area contributed by atoms with Crippen molar-refractivity contribution in [2.75, 3.05) is 19.8 Å². The highest BCUT2D eigenvalue weighted by Crippen LogP contribution is 2.15. The van der Waals surface area contributed by atoms with Crippen LogP contribution in [0.1, 0.15) is 40.0 Å². The van der Waals surface area contributed by atoms with Gasteiger partial charge >= 0.3 is 11.9 Å². The van der Waals surface area contributed by atoms with Crippen LogP contribution in [0.2, 0.25) is 0 Å². The Kier molecular flexibility index (Phi) is 9.28. The van der Waals surface area contributed by atoms with Crippen LogP contribution in [0.15, 0.2) is 0 Å². The van der Waals surface area contributed by atoms with E-state index in [-0.39, 0.29) is 31.0 Å². The lowest BCUT2D eigenvalue weighted by Gasteiger charge is -2.15. The van der Waals surface area contributed by atoms with E-state index in [4.69, 9.17) is 14.6 Å². The van der Waals surface area contributed by atoms with Gasteiger partial charge in [-0.15, -0.1) is 0 Å². The highest BCUT2D eigenvalue weighted by atomic mass is 16.5. The molecule has 0 aliphatic heterocycles. The normalized spacial score (nSPS) is 13.8. The summed E-state index contributed by atoms with van der Waals surface area (Å²) in [5.74, 6) is -1.36. The summed E-state index contributed by atoms with van der Waals surface area (Å²) in [5, 5.41) is 8.54. The third-order valence-corrected chi connectivity index (χ3v) is 2.59. The molecular formula is C13H24O5. The molecule has 2 atom stereocenters. The Balaban J connectivity index is 3.93. The Bertz CT molecular complexity index is 252. The average Bonchev–Trinajstić information content (AvgIpc) is 2.35. The van der Waals surface area contributed by atoms with Gasteiger partial charge in [-0.2, -0.15) is 0 Å². The van der Waals surface area contributed by atoms with Gasteiger partial charge in [0.1, 0.15) is 6.61 Å². The Morgan fingerprint density at radius 2 is 1.56 bits per heavy atom. The Labute approximate surface area is 108 Å². The van der Waals surface area contributed by atoms with Gasteiger partial charge in [-0.3, -0.25) is 9.59 Å². The lowest BCUT2D eigenvalue weighted by Crippen LogP contribution is -2.23. The first-order chi connectivity index (χ1) is 8.52. The van der Waals surface area contributed by atoms with Gasteiger partial charge in [-0.25, -0.2) is 0 Å². The van der Waals surface area contributed by atoms with Crippen LogP contribution in [0.25, 0.3) is 0 Å². The zero-order valence-electron chi connectivity index (χ0n) is 11.5. The molecule has 0 aliphatic carbocycles. The molecule has 18 heavy (non-hydrogen) atoms. The SMILES string of the molecule is CCCCOC(=O)C(C)CC(C)C(=O)OCCO. The van der Waals surface area contributed by atoms with Crippen molar-refractivity contribution >= 4 is 11.9 Å². The molecule has 2 unspecified atom stereocenters. The van der Waals surface area contributed by atoms with E-state index < -0.39 is 5.97 Å². The van der Waals surface area contributed by atoms with Gasteiger partial charge in [0.25, 0.3) is 0 Å². The number of carbonyl (C=O) groups is 2. The van der Waals surface area contributed by atoms with Crippen LogP contribution in [0.4, 0.5) is 0 Å². The van der Waals surface area contributed by atoms with Gasteiger partial charge in [0, 0.05) is 0 Å². The van der Waals surface area contributed by atoms with Crippen molar-refractivity contribution in [3.63, 3.8) is 0 Å². The standard InChI is InChI=1S/C13H24O5/c1-4-5-7-17-12(15)10(2)9-11(3)13(16)18-8-6-14/h10-11,14H,4-9H2,1-3H3. The number of carbonyl (C=O) groups excluding carboxylic acids is 2. The maximum Gasteiger partial charge on any atom is 0.308 e. The van der Waals surface area contributed by atoms with Crippen molar-refractivity contribution in [2.24, 2.45) is 11.8 Å². The minimum absolute atomic E-state index is 0.00149. The van der Waals surface area contributed by atoms with Crippen LogP contribution < -0.4 is 0 Å². The predicted octanol–water partition coefficient (Wildman–Crippen LogP) is 1.53. The number of aliphatic hydroxyl groups excluding tert-OH is 1. The second kappa shape index (κ2) is 9.88. The molecule has 106 valence electrons. The molecule has 0 rings (SSSR count). The van der Waals surface area contributed by atoms with Gasteiger partial charge in [-0.1, -0.05) is 27.2 Å². The molecule has 0 aromatic carbocycles. The van der Waals surface area contributed by atoms with E-state index in [2.05, 4.69) is 0 Å². The molecule has 0 amide bonds. The predicted molar refractivity (Wildman–Crippen MR) is 66.9 cm³/mol. The summed E-state index contributed by atoms with van der Waals surface area (Å²) >= 11 is 0.